The van der Waals surface area contributed by atoms with Crippen LogP contribution in [0.25, 0.3) is 16.6 Å². The molecular weight excluding hydrogens is 234 g/mol. The average molecular weight is 250 g/mol. The maximum Gasteiger partial charge on any atom is 0.143 e. The van der Waals surface area contributed by atoms with E-state index in [9.17, 15) is 0 Å². The first-order valence-corrected chi connectivity index (χ1v) is 6.60. The molecule has 2 aromatic carbocycles. The summed E-state index contributed by atoms with van der Waals surface area (Å²) in [6.45, 7) is 2.84. The zero-order valence-electron chi connectivity index (χ0n) is 11.0. The van der Waals surface area contributed by atoms with Gasteiger partial charge in [-0.15, -0.1) is 0 Å². The van der Waals surface area contributed by atoms with Gasteiger partial charge in [-0.2, -0.15) is 0 Å². The summed E-state index contributed by atoms with van der Waals surface area (Å²) < 4.78 is 7.87. The lowest BCUT2D eigenvalue weighted by atomic mass is 10.2. The maximum atomic E-state index is 5.82. The minimum Gasteiger partial charge on any atom is -0.491 e. The van der Waals surface area contributed by atoms with Crippen molar-refractivity contribution >= 4 is 10.9 Å². The Labute approximate surface area is 113 Å². The monoisotopic (exact) mass is 250 g/mol. The standard InChI is InChI=1S/C17H16NO/c1-2-13-19-17-10-6-5-9-16(17)18-12-11-14-7-3-4-8-15(14)18/h3-11H,2,13H2,1H3. The number of ether oxygens (including phenoxy) is 1. The lowest BCUT2D eigenvalue weighted by Crippen LogP contribution is -2.01. The van der Waals surface area contributed by atoms with Crippen molar-refractivity contribution in [2.24, 2.45) is 0 Å². The summed E-state index contributed by atoms with van der Waals surface area (Å²) in [5.41, 5.74) is 2.19. The summed E-state index contributed by atoms with van der Waals surface area (Å²) >= 11 is 0. The first kappa shape index (κ1) is 11.8. The number of hydrogen-bond acceptors (Lipinski definition) is 1. The number of rotatable bonds is 4. The second-order valence-corrected chi connectivity index (χ2v) is 4.48. The van der Waals surface area contributed by atoms with E-state index in [1.165, 1.54) is 5.39 Å². The molecule has 0 N–H and O–H groups in total. The molecule has 0 atom stereocenters. The summed E-state index contributed by atoms with van der Waals surface area (Å²) in [4.78, 5) is 0. The molecule has 1 aromatic heterocycles. The first-order valence-electron chi connectivity index (χ1n) is 6.60. The van der Waals surface area contributed by atoms with E-state index < -0.39 is 0 Å². The fourth-order valence-corrected chi connectivity index (χ4v) is 2.19. The molecule has 3 rings (SSSR count). The fourth-order valence-electron chi connectivity index (χ4n) is 2.19. The van der Waals surface area contributed by atoms with Gasteiger partial charge >= 0.3 is 0 Å². The van der Waals surface area contributed by atoms with Crippen LogP contribution >= 0.6 is 0 Å². The molecule has 0 spiro atoms. The molecule has 0 bridgehead atoms. The van der Waals surface area contributed by atoms with Crippen LogP contribution in [0.15, 0.2) is 54.6 Å². The molecule has 2 heteroatoms. The Morgan fingerprint density at radius 3 is 2.74 bits per heavy atom. The second kappa shape index (κ2) is 5.19. The van der Waals surface area contributed by atoms with Gasteiger partial charge in [-0.05, 0) is 30.7 Å². The molecule has 0 aliphatic heterocycles. The topological polar surface area (TPSA) is 14.2 Å². The van der Waals surface area contributed by atoms with Crippen molar-refractivity contribution in [2.45, 2.75) is 13.3 Å². The Hall–Kier alpha value is -2.22. The molecule has 1 radical (unpaired) electrons. The van der Waals surface area contributed by atoms with Crippen LogP contribution in [0.2, 0.25) is 0 Å². The van der Waals surface area contributed by atoms with Crippen LogP contribution in [0, 0.1) is 6.20 Å². The van der Waals surface area contributed by atoms with E-state index in [-0.39, 0.29) is 0 Å². The molecule has 95 valence electrons. The number of para-hydroxylation sites is 3. The Morgan fingerprint density at radius 1 is 1.05 bits per heavy atom. The van der Waals surface area contributed by atoms with Crippen molar-refractivity contribution in [1.29, 1.82) is 0 Å². The summed E-state index contributed by atoms with van der Waals surface area (Å²) in [6.07, 6.45) is 4.29. The molecule has 3 aromatic rings. The van der Waals surface area contributed by atoms with Gasteiger partial charge in [-0.25, -0.2) is 0 Å². The quantitative estimate of drug-likeness (QED) is 0.676. The smallest absolute Gasteiger partial charge is 0.143 e. The van der Waals surface area contributed by atoms with Gasteiger partial charge < -0.3 is 9.30 Å². The molecule has 0 saturated heterocycles. The van der Waals surface area contributed by atoms with Crippen molar-refractivity contribution in [1.82, 2.24) is 4.57 Å². The third-order valence-electron chi connectivity index (χ3n) is 3.09. The van der Waals surface area contributed by atoms with Crippen LogP contribution in [0.3, 0.4) is 0 Å². The fraction of sp³-hybridized carbons (Fsp3) is 0.176. The molecule has 0 unspecified atom stereocenters. The van der Waals surface area contributed by atoms with Gasteiger partial charge in [0.1, 0.15) is 5.75 Å². The minimum absolute atomic E-state index is 0.732. The van der Waals surface area contributed by atoms with Crippen LogP contribution in [0.1, 0.15) is 13.3 Å². The predicted molar refractivity (Wildman–Crippen MR) is 77.9 cm³/mol. The lowest BCUT2D eigenvalue weighted by Gasteiger charge is -2.12. The molecule has 0 amide bonds. The van der Waals surface area contributed by atoms with Gasteiger partial charge in [-0.1, -0.05) is 37.3 Å². The minimum atomic E-state index is 0.732. The molecule has 2 nitrogen and oxygen atoms in total. The molecule has 19 heavy (non-hydrogen) atoms. The van der Waals surface area contributed by atoms with Crippen LogP contribution in [-0.4, -0.2) is 11.2 Å². The number of benzene rings is 2. The Kier molecular flexibility index (Phi) is 3.23. The lowest BCUT2D eigenvalue weighted by molar-refractivity contribution is 0.316. The van der Waals surface area contributed by atoms with Crippen molar-refractivity contribution < 1.29 is 4.74 Å². The zero-order valence-corrected chi connectivity index (χ0v) is 11.0. The third-order valence-corrected chi connectivity index (χ3v) is 3.09. The van der Waals surface area contributed by atoms with Crippen LogP contribution in [0.4, 0.5) is 0 Å². The average Bonchev–Trinajstić information content (AvgIpc) is 2.89. The van der Waals surface area contributed by atoms with Gasteiger partial charge in [-0.3, -0.25) is 0 Å². The second-order valence-electron chi connectivity index (χ2n) is 4.48. The van der Waals surface area contributed by atoms with Crippen molar-refractivity contribution in [3.05, 3.63) is 60.8 Å². The van der Waals surface area contributed by atoms with E-state index in [2.05, 4.69) is 35.9 Å². The molecule has 0 saturated carbocycles. The van der Waals surface area contributed by atoms with E-state index in [0.717, 1.165) is 30.0 Å². The van der Waals surface area contributed by atoms with Crippen molar-refractivity contribution in [3.63, 3.8) is 0 Å². The Morgan fingerprint density at radius 2 is 1.84 bits per heavy atom. The molecule has 0 aliphatic rings. The van der Waals surface area contributed by atoms with Crippen LogP contribution < -0.4 is 4.74 Å². The van der Waals surface area contributed by atoms with Crippen molar-refractivity contribution in [2.75, 3.05) is 6.61 Å². The maximum absolute atomic E-state index is 5.82. The number of nitrogens with zero attached hydrogens (tertiary/aromatic N) is 1. The highest BCUT2D eigenvalue weighted by Gasteiger charge is 2.08. The summed E-state index contributed by atoms with van der Waals surface area (Å²) in [5, 5.41) is 1.19. The van der Waals surface area contributed by atoms with Crippen LogP contribution in [0.5, 0.6) is 5.75 Å². The van der Waals surface area contributed by atoms with E-state index >= 15 is 0 Å². The number of fused-ring (bicyclic) bond motifs is 1. The highest BCUT2D eigenvalue weighted by atomic mass is 16.5. The van der Waals surface area contributed by atoms with Gasteiger partial charge in [0.25, 0.3) is 0 Å². The highest BCUT2D eigenvalue weighted by Crippen LogP contribution is 2.27. The molecular formula is C17H16NO. The Bertz CT molecular complexity index is 684. The van der Waals surface area contributed by atoms with E-state index in [0.29, 0.717) is 0 Å². The highest BCUT2D eigenvalue weighted by molar-refractivity contribution is 5.82. The number of aromatic nitrogens is 1. The van der Waals surface area contributed by atoms with E-state index in [1.807, 2.05) is 36.4 Å². The molecule has 0 aliphatic carbocycles. The molecule has 0 fully saturated rings. The SMILES string of the molecule is CCCOc1ccccc1-n1[c]cc2ccccc21. The normalized spacial score (nSPS) is 10.8. The summed E-state index contributed by atoms with van der Waals surface area (Å²) in [5.74, 6) is 0.905. The van der Waals surface area contributed by atoms with Crippen molar-refractivity contribution in [3.8, 4) is 11.4 Å². The van der Waals surface area contributed by atoms with E-state index in [4.69, 9.17) is 4.74 Å². The summed E-state index contributed by atoms with van der Waals surface area (Å²) in [6, 6.07) is 18.4. The van der Waals surface area contributed by atoms with Crippen LogP contribution in [-0.2, 0) is 0 Å². The van der Waals surface area contributed by atoms with Gasteiger partial charge in [0.2, 0.25) is 0 Å². The van der Waals surface area contributed by atoms with Gasteiger partial charge in [0.05, 0.1) is 24.0 Å². The molecule has 1 heterocycles. The first-order chi connectivity index (χ1) is 9.40. The number of hydrogen-bond donors (Lipinski definition) is 0. The van der Waals surface area contributed by atoms with Gasteiger partial charge in [0, 0.05) is 5.39 Å². The third kappa shape index (κ3) is 2.22. The van der Waals surface area contributed by atoms with Gasteiger partial charge in [0.15, 0.2) is 0 Å². The zero-order chi connectivity index (χ0) is 13.1. The predicted octanol–water partition coefficient (Wildman–Crippen LogP) is 4.22. The summed E-state index contributed by atoms with van der Waals surface area (Å²) in [7, 11) is 0. The van der Waals surface area contributed by atoms with E-state index in [1.54, 1.807) is 0 Å². The largest absolute Gasteiger partial charge is 0.491 e. The Balaban J connectivity index is 2.11.